The Labute approximate surface area is 359 Å². The van der Waals surface area contributed by atoms with Crippen LogP contribution in [0.2, 0.25) is 18.1 Å². The number of rotatable bonds is 14. The molecule has 0 amide bonds. The highest BCUT2D eigenvalue weighted by atomic mass is 31.2. The van der Waals surface area contributed by atoms with Crippen LogP contribution in [0.25, 0.3) is 0 Å². The van der Waals surface area contributed by atoms with Gasteiger partial charge in [0.05, 0.1) is 20.8 Å². The zero-order valence-electron chi connectivity index (χ0n) is 35.9. The van der Waals surface area contributed by atoms with Gasteiger partial charge in [0.15, 0.2) is 20.1 Å². The molecule has 4 aromatic carbocycles. The van der Waals surface area contributed by atoms with Crippen molar-refractivity contribution in [1.29, 1.82) is 0 Å². The maximum absolute atomic E-state index is 13.7. The van der Waals surface area contributed by atoms with Crippen LogP contribution >= 0.6 is 8.53 Å². The number of aromatic nitrogens is 2. The highest BCUT2D eigenvalue weighted by Crippen LogP contribution is 2.62. The van der Waals surface area contributed by atoms with E-state index < -0.39 is 58.2 Å². The predicted molar refractivity (Wildman–Crippen MR) is 237 cm³/mol. The number of methoxy groups -OCH3 is 2. The molecular weight excluding hydrogens is 810 g/mol. The SMILES string of the molecule is COc1ccccc1C(OC[C@H]1O[C@@H](n2ccc(=O)[nH]c2=O)[C@H](O[Si](C)(C)C(C)(C)C)[C@@H]1OP1O[C@H](c2ccccc2)[C@@H]2CCCN21)(c1ccccc1)c1ccccc1OC. The van der Waals surface area contributed by atoms with Crippen molar-refractivity contribution < 1.29 is 32.4 Å². The van der Waals surface area contributed by atoms with Gasteiger partial charge in [0.25, 0.3) is 14.1 Å². The maximum Gasteiger partial charge on any atom is 0.330 e. The van der Waals surface area contributed by atoms with E-state index in [4.69, 9.17) is 32.4 Å². The molecule has 3 aliphatic heterocycles. The number of para-hydroxylation sites is 2. The van der Waals surface area contributed by atoms with Gasteiger partial charge in [-0.15, -0.1) is 0 Å². The Morgan fingerprint density at radius 3 is 2.02 bits per heavy atom. The minimum Gasteiger partial charge on any atom is -0.496 e. The monoisotopic (exact) mass is 865 g/mol. The summed E-state index contributed by atoms with van der Waals surface area (Å²) in [5.74, 6) is 1.23. The van der Waals surface area contributed by atoms with Crippen LogP contribution in [-0.4, -0.2) is 74.3 Å². The summed E-state index contributed by atoms with van der Waals surface area (Å²) in [5.41, 5.74) is 1.00. The molecule has 14 heteroatoms. The van der Waals surface area contributed by atoms with Crippen molar-refractivity contribution in [2.75, 3.05) is 27.4 Å². The molecule has 0 saturated carbocycles. The van der Waals surface area contributed by atoms with Crippen LogP contribution in [-0.2, 0) is 28.5 Å². The standard InChI is InChI=1S/C47H56N3O9PSi/c1-46(2,3)61(6,7)59-43-42(58-60-50-29-18-25-36(50)41(57-60)32-19-10-8-11-20-32)39(56-44(43)49-30-28-40(51)48-45(49)52)31-55-47(33-21-12-9-13-22-33,34-23-14-16-26-37(34)53-4)35-24-15-17-27-38(35)54-5/h8-17,19-24,26-28,30,36,39,41-44H,18,25,29,31H2,1-7H3,(H,48,51,52)/t36-,39+,41+,42+,43+,44+,60?/m0/s1. The minimum absolute atomic E-state index is 0.0314. The third-order valence-electron chi connectivity index (χ3n) is 12.6. The number of nitrogens with zero attached hydrogens (tertiary/aromatic N) is 2. The summed E-state index contributed by atoms with van der Waals surface area (Å²) in [6.45, 7) is 11.6. The van der Waals surface area contributed by atoms with E-state index in [1.807, 2.05) is 97.1 Å². The number of H-pyrrole nitrogens is 1. The largest absolute Gasteiger partial charge is 0.496 e. The molecule has 4 heterocycles. The van der Waals surface area contributed by atoms with E-state index in [0.29, 0.717) is 11.5 Å². The normalized spacial score (nSPS) is 24.5. The zero-order chi connectivity index (χ0) is 42.9. The lowest BCUT2D eigenvalue weighted by molar-refractivity contribution is -0.0946. The molecule has 5 aromatic rings. The molecule has 3 saturated heterocycles. The molecule has 3 aliphatic rings. The van der Waals surface area contributed by atoms with Gasteiger partial charge in [-0.05, 0) is 54.2 Å². The molecule has 0 radical (unpaired) electrons. The highest BCUT2D eigenvalue weighted by molar-refractivity contribution is 7.45. The third kappa shape index (κ3) is 8.30. The molecule has 1 aromatic heterocycles. The van der Waals surface area contributed by atoms with Gasteiger partial charge in [0, 0.05) is 36.0 Å². The van der Waals surface area contributed by atoms with Crippen LogP contribution in [0.1, 0.15) is 68.2 Å². The number of fused-ring (bicyclic) bond motifs is 1. The second-order valence-corrected chi connectivity index (χ2v) is 23.5. The maximum atomic E-state index is 13.7. The molecular formula is C47H56N3O9PSi. The second kappa shape index (κ2) is 17.7. The Hall–Kier alpha value is -4.43. The molecule has 1 unspecified atom stereocenters. The van der Waals surface area contributed by atoms with Crippen molar-refractivity contribution in [2.45, 2.75) is 94.0 Å². The van der Waals surface area contributed by atoms with Crippen molar-refractivity contribution in [3.8, 4) is 11.5 Å². The van der Waals surface area contributed by atoms with E-state index in [9.17, 15) is 9.59 Å². The Kier molecular flexibility index (Phi) is 12.6. The highest BCUT2D eigenvalue weighted by Gasteiger charge is 2.57. The van der Waals surface area contributed by atoms with E-state index in [0.717, 1.165) is 41.6 Å². The number of ether oxygens (including phenoxy) is 4. The van der Waals surface area contributed by atoms with Gasteiger partial charge < -0.3 is 32.4 Å². The van der Waals surface area contributed by atoms with Gasteiger partial charge in [-0.25, -0.2) is 9.46 Å². The Bertz CT molecular complexity index is 2340. The van der Waals surface area contributed by atoms with Crippen molar-refractivity contribution in [1.82, 2.24) is 14.2 Å². The second-order valence-electron chi connectivity index (χ2n) is 17.3. The van der Waals surface area contributed by atoms with E-state index in [1.54, 1.807) is 14.2 Å². The summed E-state index contributed by atoms with van der Waals surface area (Å²) in [5, 5.41) is -0.212. The van der Waals surface area contributed by atoms with Gasteiger partial charge in [0.1, 0.15) is 35.9 Å². The van der Waals surface area contributed by atoms with Gasteiger partial charge in [-0.3, -0.25) is 14.3 Å². The first-order chi connectivity index (χ1) is 29.4. The van der Waals surface area contributed by atoms with Gasteiger partial charge in [-0.2, -0.15) is 0 Å². The van der Waals surface area contributed by atoms with Gasteiger partial charge in [0.2, 0.25) is 0 Å². The van der Waals surface area contributed by atoms with Crippen molar-refractivity contribution in [3.63, 3.8) is 0 Å². The van der Waals surface area contributed by atoms with Crippen molar-refractivity contribution >= 4 is 16.8 Å². The number of nitrogens with one attached hydrogen (secondary N) is 1. The summed E-state index contributed by atoms with van der Waals surface area (Å²) in [7, 11) is -0.930. The van der Waals surface area contributed by atoms with Crippen LogP contribution < -0.4 is 20.7 Å². The first kappa shape index (κ1) is 43.2. The first-order valence-electron chi connectivity index (χ1n) is 20.9. The third-order valence-corrected chi connectivity index (χ3v) is 18.9. The fourth-order valence-corrected chi connectivity index (χ4v) is 11.8. The summed E-state index contributed by atoms with van der Waals surface area (Å²) in [4.78, 5) is 28.6. The molecule has 12 nitrogen and oxygen atoms in total. The predicted octanol–water partition coefficient (Wildman–Crippen LogP) is 8.70. The zero-order valence-corrected chi connectivity index (χ0v) is 37.7. The molecule has 8 rings (SSSR count). The number of hydrogen-bond donors (Lipinski definition) is 1. The average molecular weight is 866 g/mol. The number of aromatic amines is 1. The number of benzene rings is 4. The van der Waals surface area contributed by atoms with E-state index >= 15 is 0 Å². The van der Waals surface area contributed by atoms with E-state index in [2.05, 4.69) is 55.7 Å². The summed E-state index contributed by atoms with van der Waals surface area (Å²) in [6.07, 6.45) is -0.104. The molecule has 3 fully saturated rings. The summed E-state index contributed by atoms with van der Waals surface area (Å²) in [6, 6.07) is 37.4. The van der Waals surface area contributed by atoms with Crippen molar-refractivity contribution in [2.24, 2.45) is 0 Å². The van der Waals surface area contributed by atoms with Crippen molar-refractivity contribution in [3.05, 3.63) is 165 Å². The lowest BCUT2D eigenvalue weighted by Crippen LogP contribution is -2.50. The summed E-state index contributed by atoms with van der Waals surface area (Å²) >= 11 is 0. The molecule has 0 bridgehead atoms. The molecule has 1 N–H and O–H groups in total. The van der Waals surface area contributed by atoms with Crippen LogP contribution in [0.5, 0.6) is 11.5 Å². The molecule has 61 heavy (non-hydrogen) atoms. The van der Waals surface area contributed by atoms with Crippen LogP contribution in [0, 0.1) is 0 Å². The minimum atomic E-state index is -2.60. The summed E-state index contributed by atoms with van der Waals surface area (Å²) < 4.78 is 52.0. The first-order valence-corrected chi connectivity index (χ1v) is 25.0. The fourth-order valence-electron chi connectivity index (χ4n) is 8.54. The van der Waals surface area contributed by atoms with Crippen LogP contribution in [0.4, 0.5) is 0 Å². The van der Waals surface area contributed by atoms with Gasteiger partial charge in [-0.1, -0.05) is 118 Å². The van der Waals surface area contributed by atoms with E-state index in [1.165, 1.54) is 16.8 Å². The lowest BCUT2D eigenvalue weighted by Gasteiger charge is -2.41. The smallest absolute Gasteiger partial charge is 0.330 e. The lowest BCUT2D eigenvalue weighted by atomic mass is 9.79. The Morgan fingerprint density at radius 2 is 1.41 bits per heavy atom. The van der Waals surface area contributed by atoms with Crippen LogP contribution in [0.3, 0.4) is 0 Å². The van der Waals surface area contributed by atoms with E-state index in [-0.39, 0.29) is 23.8 Å². The average Bonchev–Trinajstić information content (AvgIpc) is 3.97. The van der Waals surface area contributed by atoms with Gasteiger partial charge >= 0.3 is 5.69 Å². The molecule has 322 valence electrons. The molecule has 7 atom stereocenters. The quantitative estimate of drug-likeness (QED) is 0.0659. The Morgan fingerprint density at radius 1 is 0.803 bits per heavy atom. The topological polar surface area (TPSA) is 123 Å². The fraction of sp³-hybridized carbons (Fsp3) is 0.404. The molecule has 0 aliphatic carbocycles. The van der Waals surface area contributed by atoms with Crippen LogP contribution in [0.15, 0.2) is 131 Å². The Balaban J connectivity index is 1.28. The molecule has 0 spiro atoms. The number of hydrogen-bond acceptors (Lipinski definition) is 10.